The first-order valence-electron chi connectivity index (χ1n) is 6.19. The SMILES string of the molecule is Cc1ccc(Cl)cc1OCC(O)Cn1cc([N+](=O)[O-])cn1. The van der Waals surface area contributed by atoms with Gasteiger partial charge in [-0.1, -0.05) is 17.7 Å². The van der Waals surface area contributed by atoms with Crippen molar-refractivity contribution in [1.82, 2.24) is 9.78 Å². The first-order chi connectivity index (χ1) is 9.95. The van der Waals surface area contributed by atoms with Gasteiger partial charge in [0.05, 0.1) is 11.5 Å². The van der Waals surface area contributed by atoms with Crippen molar-refractivity contribution in [3.05, 3.63) is 51.3 Å². The Morgan fingerprint density at radius 2 is 2.33 bits per heavy atom. The van der Waals surface area contributed by atoms with Crippen LogP contribution < -0.4 is 4.74 Å². The fourth-order valence-corrected chi connectivity index (χ4v) is 1.89. The minimum atomic E-state index is -0.845. The molecule has 1 N–H and O–H groups in total. The van der Waals surface area contributed by atoms with E-state index in [0.29, 0.717) is 10.8 Å². The molecule has 0 aliphatic heterocycles. The highest BCUT2D eigenvalue weighted by Gasteiger charge is 2.13. The lowest BCUT2D eigenvalue weighted by Crippen LogP contribution is -2.24. The molecule has 112 valence electrons. The summed E-state index contributed by atoms with van der Waals surface area (Å²) in [6.07, 6.45) is 1.55. The van der Waals surface area contributed by atoms with E-state index in [1.165, 1.54) is 10.9 Å². The predicted molar refractivity (Wildman–Crippen MR) is 76.6 cm³/mol. The van der Waals surface area contributed by atoms with Gasteiger partial charge >= 0.3 is 5.69 Å². The molecule has 0 radical (unpaired) electrons. The van der Waals surface area contributed by atoms with E-state index >= 15 is 0 Å². The molecule has 0 saturated heterocycles. The van der Waals surface area contributed by atoms with Gasteiger partial charge in [-0.2, -0.15) is 5.10 Å². The molecule has 2 aromatic rings. The molecule has 7 nitrogen and oxygen atoms in total. The number of ether oxygens (including phenoxy) is 1. The van der Waals surface area contributed by atoms with Crippen LogP contribution in [-0.4, -0.2) is 32.5 Å². The zero-order chi connectivity index (χ0) is 15.4. The molecule has 0 saturated carbocycles. The summed E-state index contributed by atoms with van der Waals surface area (Å²) in [4.78, 5) is 9.99. The molecule has 0 fully saturated rings. The lowest BCUT2D eigenvalue weighted by molar-refractivity contribution is -0.385. The van der Waals surface area contributed by atoms with E-state index in [0.717, 1.165) is 11.8 Å². The van der Waals surface area contributed by atoms with E-state index in [4.69, 9.17) is 16.3 Å². The molecule has 8 heteroatoms. The van der Waals surface area contributed by atoms with Crippen LogP contribution in [0.15, 0.2) is 30.6 Å². The highest BCUT2D eigenvalue weighted by molar-refractivity contribution is 6.30. The van der Waals surface area contributed by atoms with E-state index in [1.807, 2.05) is 13.0 Å². The monoisotopic (exact) mass is 311 g/mol. The Balaban J connectivity index is 1.90. The largest absolute Gasteiger partial charge is 0.490 e. The molecular weight excluding hydrogens is 298 g/mol. The summed E-state index contributed by atoms with van der Waals surface area (Å²) in [6.45, 7) is 2.01. The van der Waals surface area contributed by atoms with Crippen LogP contribution in [0.3, 0.4) is 0 Å². The van der Waals surface area contributed by atoms with Gasteiger partial charge in [-0.3, -0.25) is 14.8 Å². The number of rotatable bonds is 6. The Labute approximate surface area is 125 Å². The van der Waals surface area contributed by atoms with Crippen molar-refractivity contribution in [3.8, 4) is 5.75 Å². The second-order valence-corrected chi connectivity index (χ2v) is 4.99. The number of nitro groups is 1. The summed E-state index contributed by atoms with van der Waals surface area (Å²) in [5.41, 5.74) is 0.787. The van der Waals surface area contributed by atoms with Gasteiger partial charge in [-0.25, -0.2) is 0 Å². The van der Waals surface area contributed by atoms with Crippen LogP contribution in [0, 0.1) is 17.0 Å². The summed E-state index contributed by atoms with van der Waals surface area (Å²) < 4.78 is 6.80. The van der Waals surface area contributed by atoms with Gasteiger partial charge < -0.3 is 9.84 Å². The highest BCUT2D eigenvalue weighted by atomic mass is 35.5. The molecule has 1 aromatic carbocycles. The van der Waals surface area contributed by atoms with E-state index in [1.54, 1.807) is 12.1 Å². The summed E-state index contributed by atoms with van der Waals surface area (Å²) in [5, 5.41) is 24.8. The maximum absolute atomic E-state index is 10.5. The minimum Gasteiger partial charge on any atom is -0.490 e. The number of aliphatic hydroxyl groups is 1. The summed E-state index contributed by atoms with van der Waals surface area (Å²) in [5.74, 6) is 0.591. The Hall–Kier alpha value is -2.12. The van der Waals surface area contributed by atoms with Crippen molar-refractivity contribution in [1.29, 1.82) is 0 Å². The molecule has 0 spiro atoms. The Morgan fingerprint density at radius 3 is 3.00 bits per heavy atom. The standard InChI is InChI=1S/C13H14ClN3O4/c1-9-2-3-10(14)4-13(9)21-8-12(18)7-16-6-11(5-15-16)17(19)20/h2-6,12,18H,7-8H2,1H3. The van der Waals surface area contributed by atoms with Crippen LogP contribution in [0.4, 0.5) is 5.69 Å². The topological polar surface area (TPSA) is 90.4 Å². The third-order valence-electron chi connectivity index (χ3n) is 2.81. The normalized spacial score (nSPS) is 12.1. The van der Waals surface area contributed by atoms with Crippen molar-refractivity contribution < 1.29 is 14.8 Å². The fraction of sp³-hybridized carbons (Fsp3) is 0.308. The van der Waals surface area contributed by atoms with E-state index < -0.39 is 11.0 Å². The Kier molecular flexibility index (Phi) is 4.77. The molecule has 1 aromatic heterocycles. The fourth-order valence-electron chi connectivity index (χ4n) is 1.73. The first-order valence-corrected chi connectivity index (χ1v) is 6.57. The highest BCUT2D eigenvalue weighted by Crippen LogP contribution is 2.22. The van der Waals surface area contributed by atoms with Crippen LogP contribution in [0.2, 0.25) is 5.02 Å². The van der Waals surface area contributed by atoms with Gasteiger partial charge in [-0.15, -0.1) is 0 Å². The van der Waals surface area contributed by atoms with Crippen molar-refractivity contribution in [2.75, 3.05) is 6.61 Å². The maximum Gasteiger partial charge on any atom is 0.306 e. The summed E-state index contributed by atoms with van der Waals surface area (Å²) in [6, 6.07) is 5.24. The second kappa shape index (κ2) is 6.55. The lowest BCUT2D eigenvalue weighted by atomic mass is 10.2. The van der Waals surface area contributed by atoms with Crippen LogP contribution in [-0.2, 0) is 6.54 Å². The van der Waals surface area contributed by atoms with Gasteiger partial charge in [0.1, 0.15) is 30.9 Å². The summed E-state index contributed by atoms with van der Waals surface area (Å²) in [7, 11) is 0. The van der Waals surface area contributed by atoms with Crippen molar-refractivity contribution in [2.24, 2.45) is 0 Å². The molecule has 0 bridgehead atoms. The first kappa shape index (κ1) is 15.3. The van der Waals surface area contributed by atoms with Crippen LogP contribution in [0.5, 0.6) is 5.75 Å². The van der Waals surface area contributed by atoms with Gasteiger partial charge in [-0.05, 0) is 24.6 Å². The number of halogens is 1. The molecule has 0 amide bonds. The number of benzene rings is 1. The lowest BCUT2D eigenvalue weighted by Gasteiger charge is -2.14. The number of aryl methyl sites for hydroxylation is 1. The smallest absolute Gasteiger partial charge is 0.306 e. The van der Waals surface area contributed by atoms with Gasteiger partial charge in [0.15, 0.2) is 0 Å². The predicted octanol–water partition coefficient (Wildman–Crippen LogP) is 2.19. The van der Waals surface area contributed by atoms with E-state index in [-0.39, 0.29) is 18.8 Å². The number of aliphatic hydroxyl groups excluding tert-OH is 1. The zero-order valence-electron chi connectivity index (χ0n) is 11.3. The summed E-state index contributed by atoms with van der Waals surface area (Å²) >= 11 is 5.87. The maximum atomic E-state index is 10.5. The second-order valence-electron chi connectivity index (χ2n) is 4.55. The van der Waals surface area contributed by atoms with E-state index in [9.17, 15) is 15.2 Å². The molecular formula is C13H14ClN3O4. The molecule has 2 rings (SSSR count). The molecule has 0 aliphatic carbocycles. The molecule has 1 heterocycles. The minimum absolute atomic E-state index is 0.0365. The number of aromatic nitrogens is 2. The third-order valence-corrected chi connectivity index (χ3v) is 3.04. The Bertz CT molecular complexity index is 644. The number of nitrogens with zero attached hydrogens (tertiary/aromatic N) is 3. The quantitative estimate of drug-likeness (QED) is 0.652. The van der Waals surface area contributed by atoms with Gasteiger partial charge in [0.2, 0.25) is 0 Å². The average molecular weight is 312 g/mol. The van der Waals surface area contributed by atoms with Gasteiger partial charge in [0.25, 0.3) is 0 Å². The van der Waals surface area contributed by atoms with E-state index in [2.05, 4.69) is 5.10 Å². The van der Waals surface area contributed by atoms with Gasteiger partial charge in [0, 0.05) is 5.02 Å². The number of hydrogen-bond donors (Lipinski definition) is 1. The van der Waals surface area contributed by atoms with Crippen LogP contribution in [0.1, 0.15) is 5.56 Å². The zero-order valence-corrected chi connectivity index (χ0v) is 12.0. The van der Waals surface area contributed by atoms with Crippen molar-refractivity contribution in [3.63, 3.8) is 0 Å². The number of hydrogen-bond acceptors (Lipinski definition) is 5. The average Bonchev–Trinajstić information content (AvgIpc) is 2.88. The molecule has 21 heavy (non-hydrogen) atoms. The Morgan fingerprint density at radius 1 is 1.57 bits per heavy atom. The molecule has 1 unspecified atom stereocenters. The van der Waals surface area contributed by atoms with Crippen LogP contribution in [0.25, 0.3) is 0 Å². The van der Waals surface area contributed by atoms with Crippen molar-refractivity contribution in [2.45, 2.75) is 19.6 Å². The molecule has 1 atom stereocenters. The molecule has 0 aliphatic rings. The van der Waals surface area contributed by atoms with Crippen molar-refractivity contribution >= 4 is 17.3 Å². The third kappa shape index (κ3) is 4.17. The van der Waals surface area contributed by atoms with Crippen LogP contribution >= 0.6 is 11.6 Å².